The van der Waals surface area contributed by atoms with Crippen LogP contribution in [0.25, 0.3) is 0 Å². The number of aromatic carboxylic acids is 2. The molecule has 1 aromatic rings. The normalized spacial score (nSPS) is 10.8. The summed E-state index contributed by atoms with van der Waals surface area (Å²) in [5.41, 5.74) is 0.212. The number of carbonyl (C=O) groups is 2. The van der Waals surface area contributed by atoms with Crippen LogP contribution < -0.4 is 0 Å². The fraction of sp³-hybridized carbons (Fsp3) is 0.500. The second kappa shape index (κ2) is 12.3. The molecule has 0 bridgehead atoms. The number of hydrogen-bond donors (Lipinski definition) is 4. The average Bonchev–Trinajstić information content (AvgIpc) is 2.60. The van der Waals surface area contributed by atoms with Gasteiger partial charge in [0.05, 0.1) is 50.8 Å². The van der Waals surface area contributed by atoms with Gasteiger partial charge in [-0.2, -0.15) is 0 Å². The summed E-state index contributed by atoms with van der Waals surface area (Å²) in [6.45, 7) is -0.514. The standard InChI is InChI=1S/C16H22O10/c17-9-25-3-1-23-7-11-5-12(8-24-2-4-26-10-18)14(16(21)22)6-13(11)15(19)20/h5-6,17-18H,1-4,7-10H2,(H,19,20)(H,21,22). The van der Waals surface area contributed by atoms with Crippen molar-refractivity contribution < 1.29 is 49.0 Å². The molecule has 0 aromatic heterocycles. The summed E-state index contributed by atoms with van der Waals surface area (Å²) in [7, 11) is 0. The molecule has 0 aliphatic heterocycles. The molecule has 0 fully saturated rings. The fourth-order valence-electron chi connectivity index (χ4n) is 2.06. The molecule has 0 spiro atoms. The molecule has 0 aliphatic carbocycles. The monoisotopic (exact) mass is 374 g/mol. The number of hydrogen-bond acceptors (Lipinski definition) is 8. The molecule has 0 aliphatic rings. The minimum Gasteiger partial charge on any atom is -0.478 e. The zero-order valence-corrected chi connectivity index (χ0v) is 14.0. The summed E-state index contributed by atoms with van der Waals surface area (Å²) in [5.74, 6) is -2.55. The topological polar surface area (TPSA) is 152 Å². The summed E-state index contributed by atoms with van der Waals surface area (Å²) in [4.78, 5) is 22.8. The Morgan fingerprint density at radius 2 is 1.08 bits per heavy atom. The smallest absolute Gasteiger partial charge is 0.336 e. The SMILES string of the molecule is O=C(O)c1cc(C(=O)O)c(COCCOCO)cc1COCCOCO. The van der Waals surface area contributed by atoms with Gasteiger partial charge >= 0.3 is 11.9 Å². The molecule has 4 N–H and O–H groups in total. The summed E-state index contributed by atoms with van der Waals surface area (Å²) >= 11 is 0. The third kappa shape index (κ3) is 7.44. The Balaban J connectivity index is 2.89. The number of aliphatic hydroxyl groups is 2. The predicted octanol–water partition coefficient (Wildman–Crippen LogP) is 0.0490. The zero-order valence-electron chi connectivity index (χ0n) is 14.0. The lowest BCUT2D eigenvalue weighted by Gasteiger charge is -2.13. The molecule has 10 nitrogen and oxygen atoms in total. The van der Waals surface area contributed by atoms with Crippen LogP contribution in [0.4, 0.5) is 0 Å². The van der Waals surface area contributed by atoms with E-state index in [4.69, 9.17) is 29.2 Å². The van der Waals surface area contributed by atoms with Crippen molar-refractivity contribution in [2.75, 3.05) is 40.0 Å². The van der Waals surface area contributed by atoms with Gasteiger partial charge in [-0.05, 0) is 23.3 Å². The Morgan fingerprint density at radius 3 is 1.42 bits per heavy atom. The average molecular weight is 374 g/mol. The molecule has 0 amide bonds. The second-order valence-electron chi connectivity index (χ2n) is 4.96. The molecule has 0 saturated carbocycles. The van der Waals surface area contributed by atoms with Gasteiger partial charge in [0, 0.05) is 0 Å². The van der Waals surface area contributed by atoms with Gasteiger partial charge in [-0.25, -0.2) is 9.59 Å². The van der Waals surface area contributed by atoms with Crippen LogP contribution in [-0.2, 0) is 32.2 Å². The van der Waals surface area contributed by atoms with Gasteiger partial charge in [0.1, 0.15) is 13.6 Å². The molecule has 10 heteroatoms. The predicted molar refractivity (Wildman–Crippen MR) is 85.7 cm³/mol. The first kappa shape index (κ1) is 22.0. The highest BCUT2D eigenvalue weighted by Crippen LogP contribution is 2.20. The second-order valence-corrected chi connectivity index (χ2v) is 4.96. The number of benzene rings is 1. The van der Waals surface area contributed by atoms with Crippen molar-refractivity contribution in [2.45, 2.75) is 13.2 Å². The van der Waals surface area contributed by atoms with E-state index < -0.39 is 25.5 Å². The van der Waals surface area contributed by atoms with Crippen molar-refractivity contribution >= 4 is 11.9 Å². The van der Waals surface area contributed by atoms with Crippen molar-refractivity contribution in [3.63, 3.8) is 0 Å². The van der Waals surface area contributed by atoms with Gasteiger partial charge in [-0.1, -0.05) is 0 Å². The summed E-state index contributed by atoms with van der Waals surface area (Å²) < 4.78 is 20.0. The molecular formula is C16H22O10. The van der Waals surface area contributed by atoms with Crippen LogP contribution >= 0.6 is 0 Å². The Labute approximate surface area is 149 Å². The van der Waals surface area contributed by atoms with E-state index in [-0.39, 0.29) is 61.9 Å². The number of rotatable bonds is 14. The van der Waals surface area contributed by atoms with E-state index in [2.05, 4.69) is 0 Å². The highest BCUT2D eigenvalue weighted by Gasteiger charge is 2.19. The number of ether oxygens (including phenoxy) is 4. The molecule has 0 atom stereocenters. The third-order valence-electron chi connectivity index (χ3n) is 3.23. The van der Waals surface area contributed by atoms with Crippen molar-refractivity contribution in [2.24, 2.45) is 0 Å². The van der Waals surface area contributed by atoms with Gasteiger partial charge in [0.25, 0.3) is 0 Å². The maximum Gasteiger partial charge on any atom is 0.336 e. The van der Waals surface area contributed by atoms with E-state index >= 15 is 0 Å². The first-order valence-electron chi connectivity index (χ1n) is 7.66. The quantitative estimate of drug-likeness (QED) is 0.259. The van der Waals surface area contributed by atoms with E-state index in [1.807, 2.05) is 0 Å². The van der Waals surface area contributed by atoms with Crippen LogP contribution in [0.15, 0.2) is 12.1 Å². The third-order valence-corrected chi connectivity index (χ3v) is 3.23. The van der Waals surface area contributed by atoms with E-state index in [0.29, 0.717) is 0 Å². The molecule has 0 saturated heterocycles. The van der Waals surface area contributed by atoms with Crippen LogP contribution in [0.3, 0.4) is 0 Å². The Bertz CT molecular complexity index is 539. The van der Waals surface area contributed by atoms with Crippen LogP contribution in [0.1, 0.15) is 31.8 Å². The lowest BCUT2D eigenvalue weighted by atomic mass is 9.99. The first-order chi connectivity index (χ1) is 12.5. The maximum atomic E-state index is 11.4. The Kier molecular flexibility index (Phi) is 10.4. The molecule has 1 rings (SSSR count). The highest BCUT2D eigenvalue weighted by atomic mass is 16.6. The largest absolute Gasteiger partial charge is 0.478 e. The Hall–Kier alpha value is -2.08. The first-order valence-corrected chi connectivity index (χ1v) is 7.66. The molecular weight excluding hydrogens is 352 g/mol. The van der Waals surface area contributed by atoms with Gasteiger partial charge in [0.15, 0.2) is 0 Å². The van der Waals surface area contributed by atoms with Crippen LogP contribution in [-0.4, -0.2) is 72.4 Å². The lowest BCUT2D eigenvalue weighted by Crippen LogP contribution is -2.13. The summed E-state index contributed by atoms with van der Waals surface area (Å²) in [6.07, 6.45) is 0. The van der Waals surface area contributed by atoms with Crippen molar-refractivity contribution in [3.8, 4) is 0 Å². The van der Waals surface area contributed by atoms with Gasteiger partial charge < -0.3 is 39.4 Å². The van der Waals surface area contributed by atoms with Crippen molar-refractivity contribution in [1.29, 1.82) is 0 Å². The van der Waals surface area contributed by atoms with Crippen LogP contribution in [0, 0.1) is 0 Å². The molecule has 1 aromatic carbocycles. The maximum absolute atomic E-state index is 11.4. The summed E-state index contributed by atoms with van der Waals surface area (Å²) in [6, 6.07) is 2.48. The number of aliphatic hydroxyl groups excluding tert-OH is 2. The lowest BCUT2D eigenvalue weighted by molar-refractivity contribution is -0.0323. The Morgan fingerprint density at radius 1 is 0.692 bits per heavy atom. The van der Waals surface area contributed by atoms with Crippen molar-refractivity contribution in [1.82, 2.24) is 0 Å². The number of carboxylic acids is 2. The van der Waals surface area contributed by atoms with Crippen LogP contribution in [0.2, 0.25) is 0 Å². The van der Waals surface area contributed by atoms with Crippen molar-refractivity contribution in [3.05, 3.63) is 34.4 Å². The van der Waals surface area contributed by atoms with Gasteiger partial charge in [0.2, 0.25) is 0 Å². The summed E-state index contributed by atoms with van der Waals surface area (Å²) in [5, 5.41) is 35.6. The molecule has 0 radical (unpaired) electrons. The fourth-order valence-corrected chi connectivity index (χ4v) is 2.06. The van der Waals surface area contributed by atoms with E-state index in [9.17, 15) is 19.8 Å². The van der Waals surface area contributed by atoms with E-state index in [1.165, 1.54) is 6.07 Å². The molecule has 26 heavy (non-hydrogen) atoms. The van der Waals surface area contributed by atoms with Gasteiger partial charge in [-0.15, -0.1) is 0 Å². The zero-order chi connectivity index (χ0) is 19.4. The minimum atomic E-state index is -1.28. The van der Waals surface area contributed by atoms with Crippen LogP contribution in [0.5, 0.6) is 0 Å². The van der Waals surface area contributed by atoms with E-state index in [0.717, 1.165) is 6.07 Å². The van der Waals surface area contributed by atoms with Gasteiger partial charge in [-0.3, -0.25) is 0 Å². The highest BCUT2D eigenvalue weighted by molar-refractivity contribution is 5.96. The van der Waals surface area contributed by atoms with E-state index in [1.54, 1.807) is 0 Å². The number of carboxylic acid groups (broad SMARTS) is 2. The molecule has 0 unspecified atom stereocenters. The molecule has 0 heterocycles. The minimum absolute atomic E-state index is 0.0725. The molecule has 146 valence electrons.